The van der Waals surface area contributed by atoms with Gasteiger partial charge in [-0.15, -0.1) is 0 Å². The molecule has 1 aromatic heterocycles. The summed E-state index contributed by atoms with van der Waals surface area (Å²) in [5.74, 6) is 6.23. The second-order valence-electron chi connectivity index (χ2n) is 4.92. The summed E-state index contributed by atoms with van der Waals surface area (Å²) >= 11 is 0. The summed E-state index contributed by atoms with van der Waals surface area (Å²) in [4.78, 5) is 0. The Hall–Kier alpha value is -0.920. The summed E-state index contributed by atoms with van der Waals surface area (Å²) < 4.78 is 24.8. The number of rotatable bonds is 5. The maximum atomic E-state index is 11.5. The van der Waals surface area contributed by atoms with Gasteiger partial charge in [-0.2, -0.15) is 5.10 Å². The first-order chi connectivity index (χ1) is 8.52. The molecule has 1 aliphatic heterocycles. The molecule has 1 aromatic rings. The number of nitrogens with zero attached hydrogens (tertiary/aromatic N) is 2. The normalized spacial score (nSPS) is 24.2. The van der Waals surface area contributed by atoms with Crippen LogP contribution in [0.3, 0.4) is 0 Å². The lowest BCUT2D eigenvalue weighted by molar-refractivity contribution is 0.364. The number of nitrogens with two attached hydrogens (primary N) is 1. The molecule has 2 heterocycles. The van der Waals surface area contributed by atoms with Crippen molar-refractivity contribution in [3.05, 3.63) is 18.0 Å². The number of hydrogen-bond acceptors (Lipinski definition) is 5. The lowest BCUT2D eigenvalue weighted by Crippen LogP contribution is -2.41. The Morgan fingerprint density at radius 1 is 1.67 bits per heavy atom. The highest BCUT2D eigenvalue weighted by Gasteiger charge is 2.33. The summed E-state index contributed by atoms with van der Waals surface area (Å²) in [5.41, 5.74) is 3.90. The van der Waals surface area contributed by atoms with Crippen molar-refractivity contribution < 1.29 is 8.42 Å². The minimum Gasteiger partial charge on any atom is -0.273 e. The Morgan fingerprint density at radius 2 is 2.44 bits per heavy atom. The van der Waals surface area contributed by atoms with Crippen LogP contribution in [0.5, 0.6) is 0 Å². The van der Waals surface area contributed by atoms with Crippen LogP contribution in [0.15, 0.2) is 12.3 Å². The van der Waals surface area contributed by atoms with Crippen molar-refractivity contribution >= 4 is 9.84 Å². The minimum absolute atomic E-state index is 0.0529. The minimum atomic E-state index is -2.84. The first-order valence-corrected chi connectivity index (χ1v) is 7.97. The van der Waals surface area contributed by atoms with E-state index in [1.54, 1.807) is 6.20 Å². The van der Waals surface area contributed by atoms with Crippen LogP contribution >= 0.6 is 0 Å². The molecule has 1 aliphatic rings. The fourth-order valence-corrected chi connectivity index (χ4v) is 4.43. The lowest BCUT2D eigenvalue weighted by Gasteiger charge is -2.21. The van der Waals surface area contributed by atoms with E-state index in [1.807, 2.05) is 17.8 Å². The van der Waals surface area contributed by atoms with E-state index >= 15 is 0 Å². The maximum Gasteiger partial charge on any atom is 0.150 e. The van der Waals surface area contributed by atoms with Crippen molar-refractivity contribution in [3.63, 3.8) is 0 Å². The molecule has 0 aromatic carbocycles. The molecule has 0 bridgehead atoms. The third-order valence-corrected chi connectivity index (χ3v) is 5.48. The van der Waals surface area contributed by atoms with Gasteiger partial charge in [0.05, 0.1) is 11.5 Å². The predicted molar refractivity (Wildman–Crippen MR) is 69.4 cm³/mol. The second kappa shape index (κ2) is 5.38. The molecule has 6 nitrogen and oxygen atoms in total. The number of nitrogens with one attached hydrogen (secondary N) is 1. The molecule has 7 heteroatoms. The van der Waals surface area contributed by atoms with Crippen LogP contribution in [0.4, 0.5) is 0 Å². The zero-order valence-corrected chi connectivity index (χ0v) is 11.4. The van der Waals surface area contributed by atoms with E-state index in [2.05, 4.69) is 10.5 Å². The van der Waals surface area contributed by atoms with Crippen molar-refractivity contribution in [1.29, 1.82) is 0 Å². The van der Waals surface area contributed by atoms with Gasteiger partial charge in [0.1, 0.15) is 0 Å². The Morgan fingerprint density at radius 3 is 2.94 bits per heavy atom. The average Bonchev–Trinajstić information content (AvgIpc) is 2.87. The van der Waals surface area contributed by atoms with Gasteiger partial charge in [-0.3, -0.25) is 16.0 Å². The van der Waals surface area contributed by atoms with E-state index in [4.69, 9.17) is 5.84 Å². The standard InChI is InChI=1S/C11H20N4O2S/c1-15-10(4-6-13-15)2-3-11(14-12)9-5-7-18(16,17)8-9/h4,6,9,11,14H,2-3,5,7-8,12H2,1H3. The van der Waals surface area contributed by atoms with Gasteiger partial charge in [-0.25, -0.2) is 8.42 Å². The summed E-state index contributed by atoms with van der Waals surface area (Å²) in [6, 6.07) is 2.02. The van der Waals surface area contributed by atoms with Crippen LogP contribution in [0.2, 0.25) is 0 Å². The van der Waals surface area contributed by atoms with Crippen molar-refractivity contribution in [2.45, 2.75) is 25.3 Å². The van der Waals surface area contributed by atoms with E-state index in [9.17, 15) is 8.42 Å². The molecule has 2 rings (SSSR count). The van der Waals surface area contributed by atoms with Gasteiger partial charge in [-0.05, 0) is 31.2 Å². The molecule has 102 valence electrons. The maximum absolute atomic E-state index is 11.5. The number of aromatic nitrogens is 2. The van der Waals surface area contributed by atoms with Crippen LogP contribution in [0, 0.1) is 5.92 Å². The van der Waals surface area contributed by atoms with Gasteiger partial charge in [0.25, 0.3) is 0 Å². The number of hydrogen-bond donors (Lipinski definition) is 2. The fraction of sp³-hybridized carbons (Fsp3) is 0.727. The van der Waals surface area contributed by atoms with Gasteiger partial charge < -0.3 is 0 Å². The first-order valence-electron chi connectivity index (χ1n) is 6.15. The smallest absolute Gasteiger partial charge is 0.150 e. The van der Waals surface area contributed by atoms with E-state index in [1.165, 1.54) is 0 Å². The van der Waals surface area contributed by atoms with Crippen molar-refractivity contribution in [3.8, 4) is 0 Å². The van der Waals surface area contributed by atoms with Crippen LogP contribution in [0.1, 0.15) is 18.5 Å². The Balaban J connectivity index is 1.92. The fourth-order valence-electron chi connectivity index (χ4n) is 2.55. The zero-order valence-electron chi connectivity index (χ0n) is 10.5. The predicted octanol–water partition coefficient (Wildman–Crippen LogP) is -0.381. The average molecular weight is 272 g/mol. The monoisotopic (exact) mass is 272 g/mol. The lowest BCUT2D eigenvalue weighted by atomic mass is 9.95. The van der Waals surface area contributed by atoms with Gasteiger partial charge >= 0.3 is 0 Å². The summed E-state index contributed by atoms with van der Waals surface area (Å²) in [6.07, 6.45) is 4.15. The van der Waals surface area contributed by atoms with Crippen molar-refractivity contribution in [1.82, 2.24) is 15.2 Å². The van der Waals surface area contributed by atoms with Crippen LogP contribution in [-0.2, 0) is 23.3 Å². The highest BCUT2D eigenvalue weighted by molar-refractivity contribution is 7.91. The van der Waals surface area contributed by atoms with Gasteiger partial charge in [0, 0.05) is 25.0 Å². The molecule has 0 aliphatic carbocycles. The molecular formula is C11H20N4O2S. The Kier molecular flexibility index (Phi) is 4.04. The molecule has 0 radical (unpaired) electrons. The van der Waals surface area contributed by atoms with Crippen molar-refractivity contribution in [2.75, 3.05) is 11.5 Å². The molecule has 2 atom stereocenters. The highest BCUT2D eigenvalue weighted by atomic mass is 32.2. The van der Waals surface area contributed by atoms with Crippen molar-refractivity contribution in [2.24, 2.45) is 18.8 Å². The van der Waals surface area contributed by atoms with E-state index in [-0.39, 0.29) is 17.7 Å². The number of hydrazine groups is 1. The topological polar surface area (TPSA) is 90.0 Å². The van der Waals surface area contributed by atoms with Crippen LogP contribution in [0.25, 0.3) is 0 Å². The molecule has 3 N–H and O–H groups in total. The molecule has 18 heavy (non-hydrogen) atoms. The zero-order chi connectivity index (χ0) is 13.2. The molecule has 0 spiro atoms. The third-order valence-electron chi connectivity index (χ3n) is 3.68. The van der Waals surface area contributed by atoms with Crippen LogP contribution < -0.4 is 11.3 Å². The molecule has 1 fully saturated rings. The number of aryl methyl sites for hydroxylation is 2. The van der Waals surface area contributed by atoms with Gasteiger partial charge in [0.15, 0.2) is 9.84 Å². The Bertz CT molecular complexity index is 497. The second-order valence-corrected chi connectivity index (χ2v) is 7.15. The Labute approximate surface area is 107 Å². The van der Waals surface area contributed by atoms with E-state index in [0.717, 1.165) is 18.5 Å². The van der Waals surface area contributed by atoms with E-state index in [0.29, 0.717) is 12.2 Å². The molecular weight excluding hydrogens is 252 g/mol. The quantitative estimate of drug-likeness (QED) is 0.563. The summed E-state index contributed by atoms with van der Waals surface area (Å²) in [6.45, 7) is 0. The summed E-state index contributed by atoms with van der Waals surface area (Å²) in [7, 11) is -0.941. The summed E-state index contributed by atoms with van der Waals surface area (Å²) in [5, 5.41) is 4.11. The van der Waals surface area contributed by atoms with Gasteiger partial charge in [0.2, 0.25) is 0 Å². The van der Waals surface area contributed by atoms with Crippen LogP contribution in [-0.4, -0.2) is 35.7 Å². The third kappa shape index (κ3) is 3.09. The number of sulfone groups is 1. The molecule has 2 unspecified atom stereocenters. The van der Waals surface area contributed by atoms with Gasteiger partial charge in [-0.1, -0.05) is 0 Å². The largest absolute Gasteiger partial charge is 0.273 e. The SMILES string of the molecule is Cn1nccc1CCC(NN)C1CCS(=O)(=O)C1. The molecule has 1 saturated heterocycles. The van der Waals surface area contributed by atoms with E-state index < -0.39 is 9.84 Å². The molecule has 0 saturated carbocycles. The highest BCUT2D eigenvalue weighted by Crippen LogP contribution is 2.23. The first kappa shape index (κ1) is 13.5. The molecule has 0 amide bonds.